The lowest BCUT2D eigenvalue weighted by Crippen LogP contribution is -2.53. The Balaban J connectivity index is 1.32. The molecule has 47 heavy (non-hydrogen) atoms. The molecule has 1 unspecified atom stereocenters. The topological polar surface area (TPSA) is 96.6 Å². The molecule has 0 aliphatic carbocycles. The van der Waals surface area contributed by atoms with E-state index in [4.69, 9.17) is 16.0 Å². The number of nitrogens with zero attached hydrogens (tertiary/aromatic N) is 4. The van der Waals surface area contributed by atoms with E-state index in [2.05, 4.69) is 10.2 Å². The first kappa shape index (κ1) is 29.6. The van der Waals surface area contributed by atoms with Gasteiger partial charge in [-0.05, 0) is 55.3 Å². The predicted octanol–water partition coefficient (Wildman–Crippen LogP) is 7.66. The van der Waals surface area contributed by atoms with E-state index in [9.17, 15) is 9.59 Å². The Kier molecular flexibility index (Phi) is 7.05. The number of fused-ring (bicyclic) bond motifs is 5. The van der Waals surface area contributed by atoms with Crippen LogP contribution in [-0.4, -0.2) is 22.0 Å². The van der Waals surface area contributed by atoms with E-state index < -0.39 is 22.8 Å². The molecule has 2 aliphatic heterocycles. The number of carbonyl (C=O) groups excluding carboxylic acids is 2. The Morgan fingerprint density at radius 3 is 2.47 bits per heavy atom. The van der Waals surface area contributed by atoms with Gasteiger partial charge in [-0.25, -0.2) is 0 Å². The number of thioether (sulfide) groups is 1. The highest BCUT2D eigenvalue weighted by atomic mass is 35.5. The van der Waals surface area contributed by atoms with Gasteiger partial charge in [-0.2, -0.15) is 0 Å². The summed E-state index contributed by atoms with van der Waals surface area (Å²) < 4.78 is 6.81. The van der Waals surface area contributed by atoms with Crippen LogP contribution in [0.1, 0.15) is 43.9 Å². The number of aryl methyl sites for hydroxylation is 2. The zero-order chi connectivity index (χ0) is 32.4. The minimum absolute atomic E-state index is 0.00668. The minimum Gasteiger partial charge on any atom is -0.450 e. The van der Waals surface area contributed by atoms with Crippen LogP contribution in [0.4, 0.5) is 10.8 Å². The van der Waals surface area contributed by atoms with Gasteiger partial charge in [-0.1, -0.05) is 106 Å². The fraction of sp³-hybridized carbons (Fsp3) is 0.139. The quantitative estimate of drug-likeness (QED) is 0.132. The summed E-state index contributed by atoms with van der Waals surface area (Å²) in [7, 11) is 0. The van der Waals surface area contributed by atoms with Crippen LogP contribution < -0.4 is 15.2 Å². The molecule has 232 valence electrons. The number of aromatic nitrogens is 2. The molecule has 0 fully saturated rings. The highest BCUT2D eigenvalue weighted by Gasteiger charge is 2.66. The molecule has 0 saturated heterocycles. The predicted molar refractivity (Wildman–Crippen MR) is 185 cm³/mol. The number of rotatable bonds is 6. The maximum atomic E-state index is 15.1. The van der Waals surface area contributed by atoms with Gasteiger partial charge >= 0.3 is 0 Å². The molecule has 4 aromatic carbocycles. The average molecular weight is 677 g/mol. The zero-order valence-corrected chi connectivity index (χ0v) is 27.6. The number of benzene rings is 4. The van der Waals surface area contributed by atoms with Gasteiger partial charge in [0.2, 0.25) is 10.9 Å². The van der Waals surface area contributed by atoms with Gasteiger partial charge in [-0.15, -0.1) is 10.2 Å². The van der Waals surface area contributed by atoms with Crippen molar-refractivity contribution < 1.29 is 14.0 Å². The van der Waals surface area contributed by atoms with Crippen molar-refractivity contribution in [2.24, 2.45) is 0 Å². The summed E-state index contributed by atoms with van der Waals surface area (Å²) in [6, 6.07) is 28.0. The van der Waals surface area contributed by atoms with Gasteiger partial charge in [-0.3, -0.25) is 19.3 Å². The van der Waals surface area contributed by atoms with Crippen molar-refractivity contribution in [3.63, 3.8) is 0 Å². The van der Waals surface area contributed by atoms with Gasteiger partial charge < -0.3 is 9.32 Å². The second-order valence-electron chi connectivity index (χ2n) is 11.6. The Morgan fingerprint density at radius 2 is 1.66 bits per heavy atom. The lowest BCUT2D eigenvalue weighted by molar-refractivity contribution is -0.121. The maximum absolute atomic E-state index is 15.1. The number of hydrogen-bond acceptors (Lipinski definition) is 8. The Hall–Kier alpha value is -4.77. The summed E-state index contributed by atoms with van der Waals surface area (Å²) in [5.74, 6) is -0.655. The summed E-state index contributed by atoms with van der Waals surface area (Å²) >= 11 is 8.81. The highest BCUT2D eigenvalue weighted by Crippen LogP contribution is 2.55. The van der Waals surface area contributed by atoms with Crippen molar-refractivity contribution in [2.45, 2.75) is 36.0 Å². The third kappa shape index (κ3) is 4.62. The van der Waals surface area contributed by atoms with E-state index in [0.29, 0.717) is 31.8 Å². The number of amides is 2. The van der Waals surface area contributed by atoms with Crippen molar-refractivity contribution in [3.8, 4) is 0 Å². The molecule has 6 aromatic rings. The van der Waals surface area contributed by atoms with Crippen molar-refractivity contribution >= 4 is 68.3 Å². The molecule has 1 atom stereocenters. The summed E-state index contributed by atoms with van der Waals surface area (Å²) in [6.07, 6.45) is 0. The van der Waals surface area contributed by atoms with E-state index in [0.717, 1.165) is 22.3 Å². The van der Waals surface area contributed by atoms with Crippen LogP contribution in [0, 0.1) is 13.8 Å². The lowest BCUT2D eigenvalue weighted by atomic mass is 9.84. The minimum atomic E-state index is -1.85. The van der Waals surface area contributed by atoms with Crippen LogP contribution in [0.25, 0.3) is 11.0 Å². The lowest BCUT2D eigenvalue weighted by Gasteiger charge is -2.32. The van der Waals surface area contributed by atoms with Gasteiger partial charge in [0.15, 0.2) is 15.3 Å². The molecule has 8 nitrogen and oxygen atoms in total. The van der Waals surface area contributed by atoms with Crippen molar-refractivity contribution in [1.82, 2.24) is 10.2 Å². The molecule has 2 amide bonds. The molecule has 0 saturated carbocycles. The number of halogens is 1. The largest absolute Gasteiger partial charge is 0.450 e. The second-order valence-corrected chi connectivity index (χ2v) is 14.3. The summed E-state index contributed by atoms with van der Waals surface area (Å²) in [5, 5.41) is 9.95. The highest BCUT2D eigenvalue weighted by molar-refractivity contribution is 8.00. The van der Waals surface area contributed by atoms with E-state index in [1.807, 2.05) is 86.6 Å². The molecule has 1 spiro atoms. The Labute approximate surface area is 282 Å². The first-order valence-corrected chi connectivity index (χ1v) is 17.0. The summed E-state index contributed by atoms with van der Waals surface area (Å²) in [5.41, 5.74) is 2.96. The average Bonchev–Trinajstić information content (AvgIpc) is 3.70. The van der Waals surface area contributed by atoms with E-state index in [-0.39, 0.29) is 28.6 Å². The van der Waals surface area contributed by atoms with Crippen molar-refractivity contribution in [2.75, 3.05) is 9.80 Å². The van der Waals surface area contributed by atoms with Gasteiger partial charge in [0.1, 0.15) is 5.58 Å². The number of carbonyl (C=O) groups is 2. The van der Waals surface area contributed by atoms with Crippen molar-refractivity contribution in [1.29, 1.82) is 0 Å². The SMILES string of the molecule is Cc1ccc(CN2C(=O)C3(c4ccccc42)c2c(oc4ccc(C)cc4c2=O)C(=O)N3c2nnc(SCc3cccc(Cl)c3)s2)cc1. The van der Waals surface area contributed by atoms with Crippen LogP contribution in [0.15, 0.2) is 105 Å². The number of para-hydroxylation sites is 1. The van der Waals surface area contributed by atoms with Gasteiger partial charge in [0, 0.05) is 16.3 Å². The molecule has 8 rings (SSSR count). The van der Waals surface area contributed by atoms with Crippen molar-refractivity contribution in [3.05, 3.63) is 145 Å². The standard InChI is InChI=1S/C36H25ClN4O4S2/c1-20-10-13-22(14-11-20)18-40-27-9-4-3-8-26(27)36(33(40)44)29-30(42)25-16-21(2)12-15-28(25)45-31(29)32(43)41(36)34-38-39-35(47-34)46-19-23-6-5-7-24(37)17-23/h3-17H,18-19H2,1-2H3. The normalized spacial score (nSPS) is 16.8. The number of anilines is 2. The molecule has 2 aliphatic rings. The Morgan fingerprint density at radius 1 is 0.872 bits per heavy atom. The number of hydrogen-bond donors (Lipinski definition) is 0. The molecule has 2 aromatic heterocycles. The fourth-order valence-corrected chi connectivity index (χ4v) is 8.48. The van der Waals surface area contributed by atoms with Crippen LogP contribution in [0.5, 0.6) is 0 Å². The van der Waals surface area contributed by atoms with E-state index in [1.165, 1.54) is 28.0 Å². The zero-order valence-electron chi connectivity index (χ0n) is 25.2. The van der Waals surface area contributed by atoms with Gasteiger partial charge in [0.25, 0.3) is 11.8 Å². The van der Waals surface area contributed by atoms with E-state index >= 15 is 4.79 Å². The van der Waals surface area contributed by atoms with Crippen LogP contribution in [-0.2, 0) is 22.6 Å². The molecule has 0 N–H and O–H groups in total. The van der Waals surface area contributed by atoms with Crippen LogP contribution >= 0.6 is 34.7 Å². The smallest absolute Gasteiger partial charge is 0.297 e. The monoisotopic (exact) mass is 676 g/mol. The van der Waals surface area contributed by atoms with Crippen LogP contribution in [0.2, 0.25) is 5.02 Å². The Bertz CT molecular complexity index is 2320. The van der Waals surface area contributed by atoms with E-state index in [1.54, 1.807) is 23.1 Å². The molecule has 11 heteroatoms. The molecular formula is C36H25ClN4O4S2. The van der Waals surface area contributed by atoms with Crippen LogP contribution in [0.3, 0.4) is 0 Å². The molecule has 4 heterocycles. The molecule has 0 radical (unpaired) electrons. The first-order chi connectivity index (χ1) is 22.8. The molecular weight excluding hydrogens is 652 g/mol. The first-order valence-electron chi connectivity index (χ1n) is 14.9. The molecule has 0 bridgehead atoms. The maximum Gasteiger partial charge on any atom is 0.297 e. The summed E-state index contributed by atoms with van der Waals surface area (Å²) in [6.45, 7) is 4.12. The third-order valence-electron chi connectivity index (χ3n) is 8.58. The third-order valence-corrected chi connectivity index (χ3v) is 10.9. The fourth-order valence-electron chi connectivity index (χ4n) is 6.43. The summed E-state index contributed by atoms with van der Waals surface area (Å²) in [4.78, 5) is 47.2. The van der Waals surface area contributed by atoms with Gasteiger partial charge in [0.05, 0.1) is 23.2 Å². The second kappa shape index (κ2) is 11.2.